The zero-order chi connectivity index (χ0) is 14.8. The highest BCUT2D eigenvalue weighted by atomic mass is 79.9. The summed E-state index contributed by atoms with van der Waals surface area (Å²) in [6, 6.07) is 7.32. The first-order valence-electron chi connectivity index (χ1n) is 8.11. The molecule has 1 aliphatic carbocycles. The largest absolute Gasteiger partial charge is 0.329 e. The van der Waals surface area contributed by atoms with Gasteiger partial charge in [-0.3, -0.25) is 4.90 Å². The molecule has 0 bridgehead atoms. The van der Waals surface area contributed by atoms with Gasteiger partial charge in [0.2, 0.25) is 0 Å². The number of nitrogens with two attached hydrogens (primary N) is 1. The maximum Gasteiger partial charge on any atom is 0.0551 e. The summed E-state index contributed by atoms with van der Waals surface area (Å²) in [7, 11) is 0. The first kappa shape index (κ1) is 15.8. The highest BCUT2D eigenvalue weighted by Crippen LogP contribution is 2.39. The molecule has 3 unspecified atom stereocenters. The Hall–Kier alpha value is -0.0900. The highest BCUT2D eigenvalue weighted by Gasteiger charge is 2.36. The van der Waals surface area contributed by atoms with Crippen LogP contribution in [0.15, 0.2) is 22.7 Å². The molecule has 1 aliphatic heterocycles. The molecule has 3 atom stereocenters. The van der Waals surface area contributed by atoms with Crippen molar-refractivity contribution in [3.8, 4) is 0 Å². The Labute approximate surface area is 141 Å². The second-order valence-corrected chi connectivity index (χ2v) is 7.68. The Morgan fingerprint density at radius 3 is 2.76 bits per heavy atom. The van der Waals surface area contributed by atoms with Gasteiger partial charge in [-0.15, -0.1) is 0 Å². The molecular weight excluding hydrogens is 348 g/mol. The van der Waals surface area contributed by atoms with Crippen LogP contribution in [-0.4, -0.2) is 24.0 Å². The van der Waals surface area contributed by atoms with Crippen LogP contribution in [0.2, 0.25) is 5.02 Å². The average Bonchev–Trinajstić information content (AvgIpc) is 2.52. The summed E-state index contributed by atoms with van der Waals surface area (Å²) >= 11 is 9.76. The van der Waals surface area contributed by atoms with Crippen molar-refractivity contribution < 1.29 is 0 Å². The Kier molecular flexibility index (Phi) is 5.26. The number of rotatable bonds is 3. The van der Waals surface area contributed by atoms with Crippen molar-refractivity contribution in [2.75, 3.05) is 13.1 Å². The van der Waals surface area contributed by atoms with Gasteiger partial charge in [0, 0.05) is 23.1 Å². The summed E-state index contributed by atoms with van der Waals surface area (Å²) in [5, 5.41) is 0.781. The maximum absolute atomic E-state index is 6.28. The summed E-state index contributed by atoms with van der Waals surface area (Å²) in [6.07, 6.45) is 8.23. The van der Waals surface area contributed by atoms with Crippen molar-refractivity contribution in [2.24, 2.45) is 11.7 Å². The number of likely N-dealkylation sites (tertiary alicyclic amines) is 1. The average molecular weight is 372 g/mol. The van der Waals surface area contributed by atoms with Gasteiger partial charge in [0.1, 0.15) is 0 Å². The van der Waals surface area contributed by atoms with Crippen molar-refractivity contribution >= 4 is 27.5 Å². The molecule has 1 aromatic carbocycles. The van der Waals surface area contributed by atoms with Gasteiger partial charge in [0.15, 0.2) is 0 Å². The zero-order valence-corrected chi connectivity index (χ0v) is 14.7. The lowest BCUT2D eigenvalue weighted by Gasteiger charge is -2.47. The van der Waals surface area contributed by atoms with Crippen LogP contribution >= 0.6 is 27.5 Å². The monoisotopic (exact) mass is 370 g/mol. The van der Waals surface area contributed by atoms with E-state index < -0.39 is 0 Å². The van der Waals surface area contributed by atoms with Crippen LogP contribution in [0, 0.1) is 5.92 Å². The summed E-state index contributed by atoms with van der Waals surface area (Å²) in [5.41, 5.74) is 7.41. The molecule has 0 amide bonds. The number of piperidine rings is 1. The van der Waals surface area contributed by atoms with E-state index in [2.05, 4.69) is 33.0 Å². The lowest BCUT2D eigenvalue weighted by molar-refractivity contribution is 0.0276. The fraction of sp³-hybridized carbons (Fsp3) is 0.647. The molecule has 2 nitrogen and oxygen atoms in total. The van der Waals surface area contributed by atoms with Crippen LogP contribution in [0.4, 0.5) is 0 Å². The minimum atomic E-state index is 0.307. The second-order valence-electron chi connectivity index (χ2n) is 6.42. The molecule has 21 heavy (non-hydrogen) atoms. The van der Waals surface area contributed by atoms with Crippen molar-refractivity contribution in [1.82, 2.24) is 4.90 Å². The van der Waals surface area contributed by atoms with E-state index >= 15 is 0 Å². The molecule has 1 heterocycles. The summed E-state index contributed by atoms with van der Waals surface area (Å²) in [6.45, 7) is 1.85. The lowest BCUT2D eigenvalue weighted by atomic mass is 9.77. The third-order valence-electron chi connectivity index (χ3n) is 5.24. The summed E-state index contributed by atoms with van der Waals surface area (Å²) in [5.74, 6) is 0.882. The van der Waals surface area contributed by atoms with Crippen LogP contribution in [-0.2, 0) is 0 Å². The minimum absolute atomic E-state index is 0.307. The fourth-order valence-electron chi connectivity index (χ4n) is 4.23. The topological polar surface area (TPSA) is 29.3 Å². The molecule has 2 aliphatic rings. The van der Waals surface area contributed by atoms with E-state index in [1.165, 1.54) is 50.6 Å². The van der Waals surface area contributed by atoms with Crippen LogP contribution in [0.3, 0.4) is 0 Å². The lowest BCUT2D eigenvalue weighted by Crippen LogP contribution is -2.49. The molecule has 0 radical (unpaired) electrons. The number of hydrogen-bond acceptors (Lipinski definition) is 2. The van der Waals surface area contributed by atoms with Crippen LogP contribution < -0.4 is 5.73 Å². The van der Waals surface area contributed by atoms with E-state index in [0.29, 0.717) is 12.6 Å². The molecule has 116 valence electrons. The van der Waals surface area contributed by atoms with E-state index in [0.717, 1.165) is 21.5 Å². The van der Waals surface area contributed by atoms with Gasteiger partial charge >= 0.3 is 0 Å². The summed E-state index contributed by atoms with van der Waals surface area (Å²) < 4.78 is 0.956. The Bertz CT molecular complexity index is 492. The first-order valence-corrected chi connectivity index (χ1v) is 9.28. The van der Waals surface area contributed by atoms with Gasteiger partial charge < -0.3 is 5.73 Å². The van der Waals surface area contributed by atoms with Crippen molar-refractivity contribution in [1.29, 1.82) is 0 Å². The van der Waals surface area contributed by atoms with E-state index in [9.17, 15) is 0 Å². The number of halogens is 2. The smallest absolute Gasteiger partial charge is 0.0551 e. The van der Waals surface area contributed by atoms with Gasteiger partial charge in [-0.05, 0) is 71.8 Å². The molecule has 2 fully saturated rings. The normalized spacial score (nSPS) is 28.1. The fourth-order valence-corrected chi connectivity index (χ4v) is 4.67. The van der Waals surface area contributed by atoms with Gasteiger partial charge in [-0.2, -0.15) is 0 Å². The number of fused-ring (bicyclic) bond motifs is 1. The van der Waals surface area contributed by atoms with Gasteiger partial charge in [-0.25, -0.2) is 0 Å². The molecule has 4 heteroatoms. The molecule has 2 N–H and O–H groups in total. The van der Waals surface area contributed by atoms with Crippen molar-refractivity contribution in [3.05, 3.63) is 33.3 Å². The second kappa shape index (κ2) is 6.99. The number of nitrogens with zero attached hydrogens (tertiary/aromatic N) is 1. The quantitative estimate of drug-likeness (QED) is 0.830. The van der Waals surface area contributed by atoms with E-state index in [1.807, 2.05) is 6.07 Å². The zero-order valence-electron chi connectivity index (χ0n) is 12.4. The van der Waals surface area contributed by atoms with E-state index in [4.69, 9.17) is 17.3 Å². The number of hydrogen-bond donors (Lipinski definition) is 1. The van der Waals surface area contributed by atoms with Gasteiger partial charge in [0.25, 0.3) is 0 Å². The predicted molar refractivity (Wildman–Crippen MR) is 92.6 cm³/mol. The molecule has 1 saturated heterocycles. The van der Waals surface area contributed by atoms with E-state index in [1.54, 1.807) is 0 Å². The molecule has 1 aromatic rings. The van der Waals surface area contributed by atoms with Crippen molar-refractivity contribution in [2.45, 2.75) is 50.6 Å². The van der Waals surface area contributed by atoms with Crippen LogP contribution in [0.1, 0.15) is 50.1 Å². The molecule has 1 saturated carbocycles. The molecular formula is C17H24BrClN2. The van der Waals surface area contributed by atoms with Crippen LogP contribution in [0.5, 0.6) is 0 Å². The minimum Gasteiger partial charge on any atom is -0.329 e. The molecule has 0 aromatic heterocycles. The third kappa shape index (κ3) is 3.31. The Morgan fingerprint density at radius 1 is 1.24 bits per heavy atom. The molecule has 3 rings (SSSR count). The van der Waals surface area contributed by atoms with Gasteiger partial charge in [0.05, 0.1) is 5.02 Å². The SMILES string of the molecule is NCC(c1ccc(Br)c(Cl)c1)N1CCCC2CCCCC21. The first-order chi connectivity index (χ1) is 10.2. The molecule has 0 spiro atoms. The van der Waals surface area contributed by atoms with Gasteiger partial charge in [-0.1, -0.05) is 30.5 Å². The number of benzene rings is 1. The predicted octanol–water partition coefficient (Wildman–Crippen LogP) is 4.76. The maximum atomic E-state index is 6.28. The summed E-state index contributed by atoms with van der Waals surface area (Å²) in [4.78, 5) is 2.67. The highest BCUT2D eigenvalue weighted by molar-refractivity contribution is 9.10. The standard InChI is InChI=1S/C17H24BrClN2/c18-14-8-7-13(10-15(14)19)17(11-20)21-9-3-5-12-4-1-2-6-16(12)21/h7-8,10,12,16-17H,1-6,9,11,20H2. The Morgan fingerprint density at radius 2 is 2.00 bits per heavy atom. The Balaban J connectivity index is 1.85. The van der Waals surface area contributed by atoms with E-state index in [-0.39, 0.29) is 0 Å². The third-order valence-corrected chi connectivity index (χ3v) is 6.47. The van der Waals surface area contributed by atoms with Crippen LogP contribution in [0.25, 0.3) is 0 Å². The van der Waals surface area contributed by atoms with Crippen molar-refractivity contribution in [3.63, 3.8) is 0 Å².